The number of nitrogens with one attached hydrogen (secondary N) is 1. The third-order valence-electron chi connectivity index (χ3n) is 2.87. The first kappa shape index (κ1) is 15.4. The number of aliphatic hydroxyl groups is 1. The summed E-state index contributed by atoms with van der Waals surface area (Å²) in [7, 11) is 0. The zero-order valence-electron chi connectivity index (χ0n) is 11.8. The van der Waals surface area contributed by atoms with Crippen molar-refractivity contribution in [3.63, 3.8) is 0 Å². The van der Waals surface area contributed by atoms with Crippen molar-refractivity contribution < 1.29 is 5.11 Å². The topological polar surface area (TPSA) is 70.9 Å². The number of aromatic amines is 1. The summed E-state index contributed by atoms with van der Waals surface area (Å²) in [6.45, 7) is 2.57. The van der Waals surface area contributed by atoms with Crippen molar-refractivity contribution in [3.05, 3.63) is 45.9 Å². The fourth-order valence-electron chi connectivity index (χ4n) is 1.82. The Hall–Kier alpha value is -1.97. The molecule has 0 saturated heterocycles. The van der Waals surface area contributed by atoms with Gasteiger partial charge in [-0.05, 0) is 18.6 Å². The average Bonchev–Trinajstić information content (AvgIpc) is 2.86. The maximum absolute atomic E-state index is 11.5. The second-order valence-corrected chi connectivity index (χ2v) is 5.22. The summed E-state index contributed by atoms with van der Waals surface area (Å²) in [4.78, 5) is 11.5. The molecule has 0 bridgehead atoms. The summed E-state index contributed by atoms with van der Waals surface area (Å²) in [6, 6.07) is 7.87. The molecule has 21 heavy (non-hydrogen) atoms. The lowest BCUT2D eigenvalue weighted by Crippen LogP contribution is -2.16. The van der Waals surface area contributed by atoms with Crippen LogP contribution >= 0.6 is 11.8 Å². The Morgan fingerprint density at radius 3 is 3.00 bits per heavy atom. The van der Waals surface area contributed by atoms with E-state index >= 15 is 0 Å². The van der Waals surface area contributed by atoms with Gasteiger partial charge in [0.25, 0.3) is 0 Å². The Labute approximate surface area is 127 Å². The second kappa shape index (κ2) is 7.72. The minimum absolute atomic E-state index is 0.0694. The Morgan fingerprint density at radius 2 is 2.24 bits per heavy atom. The molecule has 2 N–H and O–H groups in total. The van der Waals surface area contributed by atoms with Gasteiger partial charge in [0.05, 0.1) is 6.61 Å². The summed E-state index contributed by atoms with van der Waals surface area (Å²) in [5.74, 6) is 6.68. The monoisotopic (exact) mass is 303 g/mol. The molecule has 0 radical (unpaired) electrons. The van der Waals surface area contributed by atoms with Crippen LogP contribution in [0.3, 0.4) is 0 Å². The number of hydrogen-bond acceptors (Lipinski definition) is 4. The van der Waals surface area contributed by atoms with Crippen LogP contribution in [0.15, 0.2) is 34.2 Å². The van der Waals surface area contributed by atoms with E-state index in [-0.39, 0.29) is 12.3 Å². The van der Waals surface area contributed by atoms with E-state index in [0.717, 1.165) is 11.1 Å². The van der Waals surface area contributed by atoms with Crippen LogP contribution in [0, 0.1) is 11.8 Å². The number of aliphatic hydroxyl groups excluding tert-OH is 1. The summed E-state index contributed by atoms with van der Waals surface area (Å²) in [5, 5.41) is 15.9. The normalized spacial score (nSPS) is 10.2. The molecule has 1 aromatic carbocycles. The van der Waals surface area contributed by atoms with E-state index in [0.29, 0.717) is 23.9 Å². The fourth-order valence-corrected chi connectivity index (χ4v) is 2.83. The van der Waals surface area contributed by atoms with Gasteiger partial charge in [0.2, 0.25) is 0 Å². The van der Waals surface area contributed by atoms with E-state index in [2.05, 4.69) is 22.0 Å². The van der Waals surface area contributed by atoms with Crippen molar-refractivity contribution in [2.75, 3.05) is 6.61 Å². The molecule has 0 aliphatic carbocycles. The molecule has 1 aromatic heterocycles. The molecule has 0 aliphatic rings. The van der Waals surface area contributed by atoms with Gasteiger partial charge in [-0.15, -0.1) is 5.10 Å². The Bertz CT molecular complexity index is 709. The van der Waals surface area contributed by atoms with Crippen molar-refractivity contribution in [2.45, 2.75) is 30.8 Å². The third kappa shape index (κ3) is 4.00. The zero-order valence-corrected chi connectivity index (χ0v) is 12.6. The van der Waals surface area contributed by atoms with Crippen LogP contribution in [0.2, 0.25) is 0 Å². The SMILES string of the molecule is CCn1c(SCc2ccccc2C#CCCO)n[nH]c1=O. The van der Waals surface area contributed by atoms with Gasteiger partial charge in [0.1, 0.15) is 0 Å². The molecular formula is C15H17N3O2S. The molecule has 2 aromatic rings. The van der Waals surface area contributed by atoms with E-state index in [4.69, 9.17) is 5.11 Å². The molecule has 0 amide bonds. The summed E-state index contributed by atoms with van der Waals surface area (Å²) in [5.41, 5.74) is 1.85. The van der Waals surface area contributed by atoms with Crippen molar-refractivity contribution in [3.8, 4) is 11.8 Å². The molecule has 0 saturated carbocycles. The van der Waals surface area contributed by atoms with E-state index in [1.54, 1.807) is 4.57 Å². The number of hydrogen-bond donors (Lipinski definition) is 2. The number of rotatable bonds is 5. The smallest absolute Gasteiger partial charge is 0.343 e. The van der Waals surface area contributed by atoms with E-state index in [9.17, 15) is 4.79 Å². The zero-order chi connectivity index (χ0) is 15.1. The van der Waals surface area contributed by atoms with Gasteiger partial charge in [-0.3, -0.25) is 4.57 Å². The van der Waals surface area contributed by atoms with Crippen LogP contribution in [-0.2, 0) is 12.3 Å². The van der Waals surface area contributed by atoms with Gasteiger partial charge in [-0.2, -0.15) is 0 Å². The van der Waals surface area contributed by atoms with Gasteiger partial charge >= 0.3 is 5.69 Å². The largest absolute Gasteiger partial charge is 0.395 e. The minimum atomic E-state index is -0.184. The molecular weight excluding hydrogens is 286 g/mol. The van der Waals surface area contributed by atoms with Crippen LogP contribution in [0.25, 0.3) is 0 Å². The van der Waals surface area contributed by atoms with Crippen molar-refractivity contribution in [1.82, 2.24) is 14.8 Å². The Balaban J connectivity index is 2.13. The van der Waals surface area contributed by atoms with Gasteiger partial charge < -0.3 is 5.11 Å². The molecule has 0 fully saturated rings. The van der Waals surface area contributed by atoms with Crippen molar-refractivity contribution in [2.24, 2.45) is 0 Å². The first-order valence-electron chi connectivity index (χ1n) is 6.72. The summed E-state index contributed by atoms with van der Waals surface area (Å²) in [6.07, 6.45) is 0.468. The predicted molar refractivity (Wildman–Crippen MR) is 83.1 cm³/mol. The quantitative estimate of drug-likeness (QED) is 0.650. The minimum Gasteiger partial charge on any atom is -0.395 e. The molecule has 1 heterocycles. The lowest BCUT2D eigenvalue weighted by molar-refractivity contribution is 0.305. The molecule has 5 nitrogen and oxygen atoms in total. The van der Waals surface area contributed by atoms with Crippen LogP contribution in [-0.4, -0.2) is 26.5 Å². The molecule has 0 unspecified atom stereocenters. The summed E-state index contributed by atoms with van der Waals surface area (Å²) >= 11 is 1.50. The molecule has 0 aliphatic heterocycles. The van der Waals surface area contributed by atoms with Crippen LogP contribution < -0.4 is 5.69 Å². The highest BCUT2D eigenvalue weighted by Gasteiger charge is 2.08. The van der Waals surface area contributed by atoms with Gasteiger partial charge in [0, 0.05) is 24.3 Å². The highest BCUT2D eigenvalue weighted by molar-refractivity contribution is 7.98. The van der Waals surface area contributed by atoms with Crippen LogP contribution in [0.4, 0.5) is 0 Å². The maximum Gasteiger partial charge on any atom is 0.343 e. The highest BCUT2D eigenvalue weighted by atomic mass is 32.2. The first-order valence-corrected chi connectivity index (χ1v) is 7.70. The van der Waals surface area contributed by atoms with Crippen LogP contribution in [0.5, 0.6) is 0 Å². The van der Waals surface area contributed by atoms with Gasteiger partial charge in [0.15, 0.2) is 5.16 Å². The van der Waals surface area contributed by atoms with E-state index < -0.39 is 0 Å². The highest BCUT2D eigenvalue weighted by Crippen LogP contribution is 2.21. The van der Waals surface area contributed by atoms with Crippen molar-refractivity contribution in [1.29, 1.82) is 0 Å². The molecule has 2 rings (SSSR count). The molecule has 110 valence electrons. The van der Waals surface area contributed by atoms with E-state index in [1.807, 2.05) is 31.2 Å². The molecule has 0 atom stereocenters. The lowest BCUT2D eigenvalue weighted by atomic mass is 10.1. The standard InChI is InChI=1S/C15H17N3O2S/c1-2-18-14(20)16-17-15(18)21-11-13-9-4-3-7-12(13)8-5-6-10-19/h3-4,7,9,19H,2,6,10-11H2,1H3,(H,16,20). The second-order valence-electron chi connectivity index (χ2n) is 4.28. The number of H-pyrrole nitrogens is 1. The Kier molecular flexibility index (Phi) is 5.67. The Morgan fingerprint density at radius 1 is 1.43 bits per heavy atom. The lowest BCUT2D eigenvalue weighted by Gasteiger charge is -2.04. The predicted octanol–water partition coefficient (Wildman–Crippen LogP) is 1.62. The van der Waals surface area contributed by atoms with E-state index in [1.165, 1.54) is 11.8 Å². The first-order chi connectivity index (χ1) is 10.3. The summed E-state index contributed by atoms with van der Waals surface area (Å²) < 4.78 is 1.60. The third-order valence-corrected chi connectivity index (χ3v) is 3.90. The molecule has 6 heteroatoms. The number of benzene rings is 1. The number of aromatic nitrogens is 3. The van der Waals surface area contributed by atoms with Crippen LogP contribution in [0.1, 0.15) is 24.5 Å². The fraction of sp³-hybridized carbons (Fsp3) is 0.333. The molecule has 0 spiro atoms. The van der Waals surface area contributed by atoms with Gasteiger partial charge in [-0.25, -0.2) is 9.89 Å². The number of nitrogens with zero attached hydrogens (tertiary/aromatic N) is 2. The van der Waals surface area contributed by atoms with Crippen molar-refractivity contribution >= 4 is 11.8 Å². The average molecular weight is 303 g/mol. The number of thioether (sulfide) groups is 1. The maximum atomic E-state index is 11.5. The van der Waals surface area contributed by atoms with Gasteiger partial charge in [-0.1, -0.05) is 41.8 Å².